The minimum absolute atomic E-state index is 0.113. The smallest absolute Gasteiger partial charge is 0.248 e. The number of fused-ring (bicyclic) bond motifs is 1. The molecular weight excluding hydrogens is 254 g/mol. The number of likely N-dealkylation sites (tertiary alicyclic amines) is 1. The molecule has 108 valence electrons. The molecule has 1 aliphatic carbocycles. The molecule has 2 aliphatic rings. The van der Waals surface area contributed by atoms with Gasteiger partial charge in [0.15, 0.2) is 0 Å². The molecule has 1 amide bonds. The first-order chi connectivity index (χ1) is 9.76. The molecule has 1 aromatic carbocycles. The van der Waals surface area contributed by atoms with Crippen LogP contribution in [0.25, 0.3) is 0 Å². The summed E-state index contributed by atoms with van der Waals surface area (Å²) in [5.41, 5.74) is 0. The third-order valence-electron chi connectivity index (χ3n) is 4.37. The lowest BCUT2D eigenvalue weighted by atomic mass is 10.0. The fourth-order valence-corrected chi connectivity index (χ4v) is 3.45. The average molecular weight is 275 g/mol. The number of rotatable bonds is 4. The second kappa shape index (κ2) is 5.83. The molecule has 20 heavy (non-hydrogen) atoms. The van der Waals surface area contributed by atoms with E-state index in [-0.39, 0.29) is 12.5 Å². The van der Waals surface area contributed by atoms with E-state index in [9.17, 15) is 4.79 Å². The normalized spacial score (nSPS) is 28.4. The van der Waals surface area contributed by atoms with E-state index >= 15 is 0 Å². The highest BCUT2D eigenvalue weighted by molar-refractivity contribution is 5.77. The molecular formula is C16H21NO3. The maximum atomic E-state index is 11.8. The maximum absolute atomic E-state index is 11.8. The molecule has 1 saturated heterocycles. The van der Waals surface area contributed by atoms with Gasteiger partial charge in [0.1, 0.15) is 12.4 Å². The Labute approximate surface area is 119 Å². The average Bonchev–Trinajstić information content (AvgIpc) is 2.98. The van der Waals surface area contributed by atoms with Gasteiger partial charge in [-0.15, -0.1) is 0 Å². The molecule has 2 fully saturated rings. The van der Waals surface area contributed by atoms with Crippen LogP contribution in [0.3, 0.4) is 0 Å². The van der Waals surface area contributed by atoms with Crippen LogP contribution in [0.15, 0.2) is 30.3 Å². The molecule has 1 saturated carbocycles. The topological polar surface area (TPSA) is 38.8 Å². The van der Waals surface area contributed by atoms with Crippen molar-refractivity contribution in [2.24, 2.45) is 11.8 Å². The summed E-state index contributed by atoms with van der Waals surface area (Å²) < 4.78 is 10.9. The van der Waals surface area contributed by atoms with E-state index in [2.05, 4.69) is 0 Å². The Bertz CT molecular complexity index is 448. The van der Waals surface area contributed by atoms with Crippen molar-refractivity contribution in [2.75, 3.05) is 26.8 Å². The summed E-state index contributed by atoms with van der Waals surface area (Å²) >= 11 is 0. The largest absolute Gasteiger partial charge is 0.490 e. The first kappa shape index (κ1) is 13.4. The van der Waals surface area contributed by atoms with Crippen LogP contribution in [0.4, 0.5) is 0 Å². The van der Waals surface area contributed by atoms with Crippen molar-refractivity contribution < 1.29 is 14.3 Å². The highest BCUT2D eigenvalue weighted by atomic mass is 16.5. The van der Waals surface area contributed by atoms with E-state index in [1.165, 1.54) is 0 Å². The predicted molar refractivity (Wildman–Crippen MR) is 75.5 cm³/mol. The number of hydrogen-bond acceptors (Lipinski definition) is 3. The Kier molecular flexibility index (Phi) is 3.92. The van der Waals surface area contributed by atoms with Gasteiger partial charge in [-0.25, -0.2) is 0 Å². The number of hydrogen-bond donors (Lipinski definition) is 0. The molecule has 1 aromatic rings. The van der Waals surface area contributed by atoms with Gasteiger partial charge in [-0.2, -0.15) is 0 Å². The lowest BCUT2D eigenvalue weighted by Crippen LogP contribution is -2.33. The summed E-state index contributed by atoms with van der Waals surface area (Å²) in [5, 5.41) is 0. The van der Waals surface area contributed by atoms with Gasteiger partial charge >= 0.3 is 0 Å². The van der Waals surface area contributed by atoms with Crippen molar-refractivity contribution in [3.63, 3.8) is 0 Å². The highest BCUT2D eigenvalue weighted by Gasteiger charge is 2.43. The van der Waals surface area contributed by atoms with E-state index in [0.29, 0.717) is 17.9 Å². The van der Waals surface area contributed by atoms with Crippen molar-refractivity contribution in [1.29, 1.82) is 0 Å². The fraction of sp³-hybridized carbons (Fsp3) is 0.562. The number of nitrogens with zero attached hydrogens (tertiary/aromatic N) is 1. The molecule has 4 heteroatoms. The maximum Gasteiger partial charge on any atom is 0.248 e. The summed E-state index contributed by atoms with van der Waals surface area (Å²) in [5.74, 6) is 2.24. The number of amides is 1. The van der Waals surface area contributed by atoms with E-state index in [1.54, 1.807) is 7.11 Å². The molecule has 3 rings (SSSR count). The van der Waals surface area contributed by atoms with Crippen LogP contribution in [0.5, 0.6) is 5.75 Å². The third kappa shape index (κ3) is 2.80. The molecule has 1 aliphatic heterocycles. The van der Waals surface area contributed by atoms with Crippen molar-refractivity contribution in [3.05, 3.63) is 30.3 Å². The standard InChI is InChI=1S/C16H21NO3/c1-19-11-16(18)17-9-12-7-15(8-13(12)10-17)20-14-5-3-2-4-6-14/h2-6,12-13,15H,7-11H2,1H3/t12-,13+,15?. The molecule has 4 nitrogen and oxygen atoms in total. The first-order valence-corrected chi connectivity index (χ1v) is 7.24. The van der Waals surface area contributed by atoms with Crippen molar-refractivity contribution in [1.82, 2.24) is 4.90 Å². The van der Waals surface area contributed by atoms with Gasteiger partial charge in [0.05, 0.1) is 6.10 Å². The fourth-order valence-electron chi connectivity index (χ4n) is 3.45. The van der Waals surface area contributed by atoms with Crippen LogP contribution in [0.2, 0.25) is 0 Å². The number of carbonyl (C=O) groups excluding carboxylic acids is 1. The number of para-hydroxylation sites is 1. The SMILES string of the molecule is COCC(=O)N1C[C@H]2CC(Oc3ccccc3)C[C@H]2C1. The number of methoxy groups -OCH3 is 1. The molecule has 1 heterocycles. The Morgan fingerprint density at radius 2 is 1.85 bits per heavy atom. The molecule has 1 unspecified atom stereocenters. The second-order valence-corrected chi connectivity index (χ2v) is 5.78. The van der Waals surface area contributed by atoms with E-state index in [0.717, 1.165) is 31.7 Å². The monoisotopic (exact) mass is 275 g/mol. The van der Waals surface area contributed by atoms with Crippen LogP contribution >= 0.6 is 0 Å². The van der Waals surface area contributed by atoms with Gasteiger partial charge in [0.25, 0.3) is 0 Å². The van der Waals surface area contributed by atoms with Crippen LogP contribution in [-0.2, 0) is 9.53 Å². The zero-order chi connectivity index (χ0) is 13.9. The molecule has 0 N–H and O–H groups in total. The Balaban J connectivity index is 1.52. The van der Waals surface area contributed by atoms with Crippen molar-refractivity contribution in [3.8, 4) is 5.75 Å². The van der Waals surface area contributed by atoms with Crippen LogP contribution in [0.1, 0.15) is 12.8 Å². The number of ether oxygens (including phenoxy) is 2. The van der Waals surface area contributed by atoms with Gasteiger partial charge in [0.2, 0.25) is 5.91 Å². The summed E-state index contributed by atoms with van der Waals surface area (Å²) in [6.07, 6.45) is 2.40. The van der Waals surface area contributed by atoms with Crippen LogP contribution in [-0.4, -0.2) is 43.7 Å². The molecule has 0 bridgehead atoms. The molecule has 0 spiro atoms. The van der Waals surface area contributed by atoms with Gasteiger partial charge in [-0.1, -0.05) is 18.2 Å². The summed E-state index contributed by atoms with van der Waals surface area (Å²) in [4.78, 5) is 13.8. The van der Waals surface area contributed by atoms with Gasteiger partial charge in [-0.05, 0) is 36.8 Å². The predicted octanol–water partition coefficient (Wildman–Crippen LogP) is 1.95. The second-order valence-electron chi connectivity index (χ2n) is 5.78. The van der Waals surface area contributed by atoms with Gasteiger partial charge in [-0.3, -0.25) is 4.79 Å². The molecule has 0 aromatic heterocycles. The highest BCUT2D eigenvalue weighted by Crippen LogP contribution is 2.39. The van der Waals surface area contributed by atoms with Crippen LogP contribution < -0.4 is 4.74 Å². The van der Waals surface area contributed by atoms with Crippen molar-refractivity contribution >= 4 is 5.91 Å². The van der Waals surface area contributed by atoms with E-state index < -0.39 is 0 Å². The Morgan fingerprint density at radius 1 is 1.20 bits per heavy atom. The minimum Gasteiger partial charge on any atom is -0.490 e. The lowest BCUT2D eigenvalue weighted by molar-refractivity contribution is -0.134. The molecule has 0 radical (unpaired) electrons. The first-order valence-electron chi connectivity index (χ1n) is 7.24. The zero-order valence-electron chi connectivity index (χ0n) is 11.8. The van der Waals surface area contributed by atoms with E-state index in [1.807, 2.05) is 35.2 Å². The quantitative estimate of drug-likeness (QED) is 0.843. The Hall–Kier alpha value is -1.55. The van der Waals surface area contributed by atoms with E-state index in [4.69, 9.17) is 9.47 Å². The third-order valence-corrected chi connectivity index (χ3v) is 4.37. The van der Waals surface area contributed by atoms with Gasteiger partial charge < -0.3 is 14.4 Å². The van der Waals surface area contributed by atoms with Gasteiger partial charge in [0, 0.05) is 20.2 Å². The number of benzene rings is 1. The summed E-state index contributed by atoms with van der Waals surface area (Å²) in [6.45, 7) is 1.92. The molecule has 3 atom stereocenters. The summed E-state index contributed by atoms with van der Waals surface area (Å²) in [6, 6.07) is 9.99. The van der Waals surface area contributed by atoms with Crippen LogP contribution in [0, 0.1) is 11.8 Å². The summed E-state index contributed by atoms with van der Waals surface area (Å²) in [7, 11) is 1.57. The Morgan fingerprint density at radius 3 is 2.45 bits per heavy atom. The van der Waals surface area contributed by atoms with Crippen molar-refractivity contribution in [2.45, 2.75) is 18.9 Å². The lowest BCUT2D eigenvalue weighted by Gasteiger charge is -2.19. The minimum atomic E-state index is 0.113. The zero-order valence-corrected chi connectivity index (χ0v) is 11.8. The number of carbonyl (C=O) groups is 1.